The number of thioether (sulfide) groups is 1. The summed E-state index contributed by atoms with van der Waals surface area (Å²) in [5.41, 5.74) is 0.830. The molecule has 0 fully saturated rings. The molecule has 140 valence electrons. The van der Waals surface area contributed by atoms with E-state index in [4.69, 9.17) is 4.42 Å². The fourth-order valence-corrected chi connectivity index (χ4v) is 3.29. The van der Waals surface area contributed by atoms with Crippen molar-refractivity contribution in [2.24, 2.45) is 0 Å². The van der Waals surface area contributed by atoms with Crippen molar-refractivity contribution in [2.75, 3.05) is 0 Å². The zero-order chi connectivity index (χ0) is 19.2. The Morgan fingerprint density at radius 3 is 2.81 bits per heavy atom. The Balaban J connectivity index is 1.66. The van der Waals surface area contributed by atoms with Crippen LogP contribution in [-0.2, 0) is 17.9 Å². The second-order valence-corrected chi connectivity index (χ2v) is 7.10. The lowest BCUT2D eigenvalue weighted by atomic mass is 10.2. The van der Waals surface area contributed by atoms with E-state index in [1.807, 2.05) is 4.57 Å². The highest BCUT2D eigenvalue weighted by Crippen LogP contribution is 2.27. The summed E-state index contributed by atoms with van der Waals surface area (Å²) < 4.78 is 20.2. The molecule has 1 aromatic carbocycles. The van der Waals surface area contributed by atoms with Crippen LogP contribution in [0.4, 0.5) is 4.39 Å². The number of allylic oxidation sites excluding steroid dienone is 1. The molecule has 1 N–H and O–H groups in total. The number of amides is 1. The number of hydrogen-bond donors (Lipinski definition) is 1. The van der Waals surface area contributed by atoms with Gasteiger partial charge >= 0.3 is 0 Å². The van der Waals surface area contributed by atoms with Gasteiger partial charge in [-0.15, -0.1) is 16.8 Å². The lowest BCUT2D eigenvalue weighted by Crippen LogP contribution is -2.30. The lowest BCUT2D eigenvalue weighted by molar-refractivity contribution is -0.120. The molecule has 2 heterocycles. The number of carbonyl (C=O) groups excluding carboxylic acids is 1. The third kappa shape index (κ3) is 4.65. The highest BCUT2D eigenvalue weighted by atomic mass is 32.2. The molecule has 2 aromatic heterocycles. The van der Waals surface area contributed by atoms with Crippen LogP contribution in [0.25, 0.3) is 11.6 Å². The number of aromatic nitrogens is 3. The van der Waals surface area contributed by atoms with Crippen LogP contribution in [0.1, 0.15) is 12.5 Å². The minimum atomic E-state index is -0.386. The number of benzene rings is 1. The Morgan fingerprint density at radius 2 is 2.15 bits per heavy atom. The zero-order valence-electron chi connectivity index (χ0n) is 14.8. The maximum atomic E-state index is 12.9. The minimum absolute atomic E-state index is 0.142. The van der Waals surface area contributed by atoms with Crippen LogP contribution in [0.5, 0.6) is 0 Å². The zero-order valence-corrected chi connectivity index (χ0v) is 15.6. The quantitative estimate of drug-likeness (QED) is 0.472. The number of carbonyl (C=O) groups is 1. The topological polar surface area (TPSA) is 73.0 Å². The first kappa shape index (κ1) is 18.9. The van der Waals surface area contributed by atoms with Crippen LogP contribution in [0.2, 0.25) is 0 Å². The third-order valence-corrected chi connectivity index (χ3v) is 4.88. The Morgan fingerprint density at radius 1 is 1.37 bits per heavy atom. The molecule has 0 saturated carbocycles. The second kappa shape index (κ2) is 8.68. The second-order valence-electron chi connectivity index (χ2n) is 5.79. The van der Waals surface area contributed by atoms with Crippen molar-refractivity contribution < 1.29 is 13.6 Å². The normalized spacial score (nSPS) is 11.9. The minimum Gasteiger partial charge on any atom is -0.461 e. The molecule has 0 spiro atoms. The van der Waals surface area contributed by atoms with Gasteiger partial charge in [-0.3, -0.25) is 9.36 Å². The van der Waals surface area contributed by atoms with Gasteiger partial charge in [-0.2, -0.15) is 0 Å². The number of nitrogens with zero attached hydrogens (tertiary/aromatic N) is 3. The van der Waals surface area contributed by atoms with Gasteiger partial charge in [0, 0.05) is 13.1 Å². The van der Waals surface area contributed by atoms with E-state index >= 15 is 0 Å². The van der Waals surface area contributed by atoms with Crippen LogP contribution < -0.4 is 5.32 Å². The Labute approximate surface area is 160 Å². The average molecular weight is 386 g/mol. The lowest BCUT2D eigenvalue weighted by Gasteiger charge is -2.12. The highest BCUT2D eigenvalue weighted by molar-refractivity contribution is 8.00. The van der Waals surface area contributed by atoms with Crippen molar-refractivity contribution in [1.82, 2.24) is 20.1 Å². The molecule has 0 radical (unpaired) electrons. The Kier molecular flexibility index (Phi) is 6.08. The van der Waals surface area contributed by atoms with Gasteiger partial charge in [0.25, 0.3) is 0 Å². The van der Waals surface area contributed by atoms with E-state index in [-0.39, 0.29) is 17.0 Å². The van der Waals surface area contributed by atoms with Crippen molar-refractivity contribution in [3.8, 4) is 11.6 Å². The van der Waals surface area contributed by atoms with E-state index in [1.54, 1.807) is 43.5 Å². The molecule has 0 aliphatic heterocycles. The number of furan rings is 1. The SMILES string of the molecule is C=CCn1c(SC(C)C(=O)NCc2ccc(F)cc2)nnc1-c1ccco1. The molecule has 0 saturated heterocycles. The summed E-state index contributed by atoms with van der Waals surface area (Å²) in [6.45, 7) is 6.39. The molecule has 0 aliphatic carbocycles. The van der Waals surface area contributed by atoms with Gasteiger partial charge in [-0.25, -0.2) is 4.39 Å². The van der Waals surface area contributed by atoms with Gasteiger partial charge in [-0.1, -0.05) is 30.0 Å². The molecular weight excluding hydrogens is 367 g/mol. The molecule has 8 heteroatoms. The van der Waals surface area contributed by atoms with Gasteiger partial charge in [-0.05, 0) is 36.8 Å². The molecule has 3 aromatic rings. The average Bonchev–Trinajstić information content (AvgIpc) is 3.32. The molecular formula is C19H19FN4O2S. The first-order chi connectivity index (χ1) is 13.1. The molecule has 1 amide bonds. The van der Waals surface area contributed by atoms with Gasteiger partial charge in [0.1, 0.15) is 5.82 Å². The predicted octanol–water partition coefficient (Wildman–Crippen LogP) is 3.66. The van der Waals surface area contributed by atoms with E-state index in [2.05, 4.69) is 22.1 Å². The van der Waals surface area contributed by atoms with Crippen molar-refractivity contribution in [3.63, 3.8) is 0 Å². The van der Waals surface area contributed by atoms with E-state index in [1.165, 1.54) is 23.9 Å². The first-order valence-corrected chi connectivity index (χ1v) is 9.23. The monoisotopic (exact) mass is 386 g/mol. The molecule has 0 bridgehead atoms. The van der Waals surface area contributed by atoms with Gasteiger partial charge < -0.3 is 9.73 Å². The van der Waals surface area contributed by atoms with Crippen molar-refractivity contribution in [1.29, 1.82) is 0 Å². The fraction of sp³-hybridized carbons (Fsp3) is 0.211. The number of halogens is 1. The Bertz CT molecular complexity index is 906. The highest BCUT2D eigenvalue weighted by Gasteiger charge is 2.21. The first-order valence-electron chi connectivity index (χ1n) is 8.35. The maximum Gasteiger partial charge on any atom is 0.233 e. The molecule has 0 aliphatic rings. The van der Waals surface area contributed by atoms with Crippen LogP contribution in [0.15, 0.2) is 64.9 Å². The smallest absolute Gasteiger partial charge is 0.233 e. The predicted molar refractivity (Wildman–Crippen MR) is 101 cm³/mol. The van der Waals surface area contributed by atoms with E-state index in [0.717, 1.165) is 5.56 Å². The largest absolute Gasteiger partial charge is 0.461 e. The van der Waals surface area contributed by atoms with Crippen molar-refractivity contribution >= 4 is 17.7 Å². The van der Waals surface area contributed by atoms with E-state index in [9.17, 15) is 9.18 Å². The summed E-state index contributed by atoms with van der Waals surface area (Å²) in [4.78, 5) is 12.4. The van der Waals surface area contributed by atoms with E-state index in [0.29, 0.717) is 29.8 Å². The Hall–Kier alpha value is -2.87. The summed E-state index contributed by atoms with van der Waals surface area (Å²) in [6, 6.07) is 9.60. The van der Waals surface area contributed by atoms with E-state index < -0.39 is 0 Å². The van der Waals surface area contributed by atoms with Crippen LogP contribution in [0.3, 0.4) is 0 Å². The van der Waals surface area contributed by atoms with Crippen molar-refractivity contribution in [2.45, 2.75) is 30.4 Å². The fourth-order valence-electron chi connectivity index (χ4n) is 2.40. The summed E-state index contributed by atoms with van der Waals surface area (Å²) in [5.74, 6) is 0.742. The number of rotatable bonds is 8. The van der Waals surface area contributed by atoms with Crippen LogP contribution in [0, 0.1) is 5.82 Å². The number of hydrogen-bond acceptors (Lipinski definition) is 5. The van der Waals surface area contributed by atoms with Gasteiger partial charge in [0.05, 0.1) is 11.5 Å². The molecule has 1 unspecified atom stereocenters. The molecule has 3 rings (SSSR count). The van der Waals surface area contributed by atoms with Crippen molar-refractivity contribution in [3.05, 3.63) is 66.7 Å². The third-order valence-electron chi connectivity index (χ3n) is 3.80. The van der Waals surface area contributed by atoms with Crippen LogP contribution >= 0.6 is 11.8 Å². The molecule has 27 heavy (non-hydrogen) atoms. The summed E-state index contributed by atoms with van der Waals surface area (Å²) in [6.07, 6.45) is 3.31. The van der Waals surface area contributed by atoms with Crippen LogP contribution in [-0.4, -0.2) is 25.9 Å². The van der Waals surface area contributed by atoms with Gasteiger partial charge in [0.2, 0.25) is 11.7 Å². The summed E-state index contributed by atoms with van der Waals surface area (Å²) in [5, 5.41) is 11.4. The number of nitrogens with one attached hydrogen (secondary N) is 1. The molecule has 1 atom stereocenters. The van der Waals surface area contributed by atoms with Gasteiger partial charge in [0.15, 0.2) is 10.9 Å². The maximum absolute atomic E-state index is 12.9. The summed E-state index contributed by atoms with van der Waals surface area (Å²) in [7, 11) is 0. The standard InChI is InChI=1S/C19H19FN4O2S/c1-3-10-24-17(16-5-4-11-26-16)22-23-19(24)27-13(2)18(25)21-12-14-6-8-15(20)9-7-14/h3-9,11,13H,1,10,12H2,2H3,(H,21,25). The molecule has 6 nitrogen and oxygen atoms in total. The summed E-state index contributed by atoms with van der Waals surface area (Å²) >= 11 is 1.30.